The van der Waals surface area contributed by atoms with Crippen molar-refractivity contribution in [2.24, 2.45) is 5.92 Å². The highest BCUT2D eigenvalue weighted by molar-refractivity contribution is 6.21. The van der Waals surface area contributed by atoms with E-state index in [2.05, 4.69) is 0 Å². The molecule has 1 aliphatic rings. The van der Waals surface area contributed by atoms with E-state index < -0.39 is 22.8 Å². The molecule has 1 aromatic rings. The first-order valence-corrected chi connectivity index (χ1v) is 5.84. The Morgan fingerprint density at radius 3 is 2.47 bits per heavy atom. The van der Waals surface area contributed by atoms with Gasteiger partial charge in [-0.2, -0.15) is 0 Å². The maximum Gasteiger partial charge on any atom is 0.161 e. The van der Waals surface area contributed by atoms with Crippen molar-refractivity contribution < 1.29 is 17.9 Å². The molecule has 0 aliphatic carbocycles. The zero-order valence-corrected chi connectivity index (χ0v) is 9.98. The summed E-state index contributed by atoms with van der Waals surface area (Å²) in [6.07, 6.45) is 0.468. The van der Waals surface area contributed by atoms with Gasteiger partial charge in [0.15, 0.2) is 11.6 Å². The second-order valence-electron chi connectivity index (χ2n) is 4.29. The van der Waals surface area contributed by atoms with Crippen LogP contribution in [0.3, 0.4) is 0 Å². The molecule has 1 saturated heterocycles. The van der Waals surface area contributed by atoms with Crippen LogP contribution in [-0.2, 0) is 4.74 Å². The molecule has 0 saturated carbocycles. The molecule has 1 fully saturated rings. The lowest BCUT2D eigenvalue weighted by Crippen LogP contribution is -2.20. The molecular formula is C12H12ClF3O. The first-order valence-electron chi connectivity index (χ1n) is 5.41. The number of ether oxygens (including phenoxy) is 1. The summed E-state index contributed by atoms with van der Waals surface area (Å²) in [5.74, 6) is -2.98. The lowest BCUT2D eigenvalue weighted by molar-refractivity contribution is 0.0894. The van der Waals surface area contributed by atoms with Crippen molar-refractivity contribution in [1.29, 1.82) is 0 Å². The van der Waals surface area contributed by atoms with Crippen molar-refractivity contribution in [2.45, 2.75) is 24.8 Å². The molecule has 0 spiro atoms. The van der Waals surface area contributed by atoms with Crippen molar-refractivity contribution in [3.8, 4) is 0 Å². The Balaban J connectivity index is 2.30. The van der Waals surface area contributed by atoms with Gasteiger partial charge in [-0.3, -0.25) is 0 Å². The zero-order chi connectivity index (χ0) is 12.6. The summed E-state index contributed by atoms with van der Waals surface area (Å²) in [5, 5.41) is -0.803. The lowest BCUT2D eigenvalue weighted by Gasteiger charge is -2.21. The predicted octanol–water partition coefficient (Wildman–Crippen LogP) is 3.81. The zero-order valence-electron chi connectivity index (χ0n) is 9.22. The van der Waals surface area contributed by atoms with Crippen molar-refractivity contribution in [1.82, 2.24) is 0 Å². The van der Waals surface area contributed by atoms with Crippen LogP contribution in [0.25, 0.3) is 0 Å². The highest BCUT2D eigenvalue weighted by atomic mass is 35.5. The SMILES string of the molecule is CC1CCOC1C(Cl)c1cc(F)c(F)cc1F. The van der Waals surface area contributed by atoms with Crippen LogP contribution >= 0.6 is 11.6 Å². The molecule has 3 atom stereocenters. The van der Waals surface area contributed by atoms with Crippen LogP contribution in [0.4, 0.5) is 13.2 Å². The molecule has 0 amide bonds. The summed E-state index contributed by atoms with van der Waals surface area (Å²) in [5.41, 5.74) is -0.0516. The molecule has 1 aliphatic heterocycles. The van der Waals surface area contributed by atoms with E-state index in [9.17, 15) is 13.2 Å². The van der Waals surface area contributed by atoms with E-state index in [-0.39, 0.29) is 17.6 Å². The monoisotopic (exact) mass is 264 g/mol. The normalized spacial score (nSPS) is 26.2. The van der Waals surface area contributed by atoms with Gasteiger partial charge in [0.2, 0.25) is 0 Å². The first kappa shape index (κ1) is 12.7. The van der Waals surface area contributed by atoms with Gasteiger partial charge in [-0.25, -0.2) is 13.2 Å². The molecule has 3 unspecified atom stereocenters. The fourth-order valence-electron chi connectivity index (χ4n) is 2.02. The average Bonchev–Trinajstić information content (AvgIpc) is 2.69. The van der Waals surface area contributed by atoms with Crippen LogP contribution in [0.2, 0.25) is 0 Å². The molecule has 0 radical (unpaired) electrons. The Morgan fingerprint density at radius 2 is 1.88 bits per heavy atom. The molecule has 1 nitrogen and oxygen atoms in total. The first-order chi connectivity index (χ1) is 8.00. The quantitative estimate of drug-likeness (QED) is 0.583. The minimum Gasteiger partial charge on any atom is -0.376 e. The maximum absolute atomic E-state index is 13.5. The highest BCUT2D eigenvalue weighted by Gasteiger charge is 2.33. The molecule has 5 heteroatoms. The van der Waals surface area contributed by atoms with Gasteiger partial charge < -0.3 is 4.74 Å². The van der Waals surface area contributed by atoms with Gasteiger partial charge in [0.25, 0.3) is 0 Å². The van der Waals surface area contributed by atoms with Gasteiger partial charge in [-0.05, 0) is 18.4 Å². The molecule has 2 rings (SSSR count). The van der Waals surface area contributed by atoms with Gasteiger partial charge in [-0.1, -0.05) is 6.92 Å². The van der Waals surface area contributed by atoms with E-state index in [1.807, 2.05) is 6.92 Å². The number of hydrogen-bond donors (Lipinski definition) is 0. The Morgan fingerprint density at radius 1 is 1.24 bits per heavy atom. The standard InChI is InChI=1S/C12H12ClF3O/c1-6-2-3-17-12(6)11(13)7-4-9(15)10(16)5-8(7)14/h4-6,11-12H,2-3H2,1H3. The van der Waals surface area contributed by atoms with E-state index in [1.165, 1.54) is 0 Å². The molecule has 0 N–H and O–H groups in total. The third-order valence-corrected chi connectivity index (χ3v) is 3.55. The van der Waals surface area contributed by atoms with Crippen molar-refractivity contribution in [3.63, 3.8) is 0 Å². The van der Waals surface area contributed by atoms with Gasteiger partial charge in [0.1, 0.15) is 5.82 Å². The smallest absolute Gasteiger partial charge is 0.161 e. The third-order valence-electron chi connectivity index (χ3n) is 3.07. The maximum atomic E-state index is 13.5. The average molecular weight is 265 g/mol. The molecular weight excluding hydrogens is 253 g/mol. The number of alkyl halides is 1. The lowest BCUT2D eigenvalue weighted by atomic mass is 9.96. The van der Waals surface area contributed by atoms with E-state index >= 15 is 0 Å². The Labute approximate surface area is 103 Å². The number of halogens is 4. The largest absolute Gasteiger partial charge is 0.376 e. The van der Waals surface area contributed by atoms with E-state index in [4.69, 9.17) is 16.3 Å². The molecule has 0 aromatic heterocycles. The third kappa shape index (κ3) is 2.43. The van der Waals surface area contributed by atoms with Crippen LogP contribution in [-0.4, -0.2) is 12.7 Å². The van der Waals surface area contributed by atoms with Crippen molar-refractivity contribution in [3.05, 3.63) is 35.1 Å². The molecule has 0 bridgehead atoms. The second kappa shape index (κ2) is 4.86. The second-order valence-corrected chi connectivity index (χ2v) is 4.76. The van der Waals surface area contributed by atoms with Gasteiger partial charge in [-0.15, -0.1) is 11.6 Å². The summed E-state index contributed by atoms with van der Waals surface area (Å²) < 4.78 is 44.8. The molecule has 1 heterocycles. The van der Waals surface area contributed by atoms with Crippen molar-refractivity contribution >= 4 is 11.6 Å². The fourth-order valence-corrected chi connectivity index (χ4v) is 2.51. The Kier molecular flexibility index (Phi) is 3.64. The topological polar surface area (TPSA) is 9.23 Å². The van der Waals surface area contributed by atoms with Crippen LogP contribution in [0, 0.1) is 23.4 Å². The minimum atomic E-state index is -1.21. The summed E-state index contributed by atoms with van der Waals surface area (Å²) in [7, 11) is 0. The van der Waals surface area contributed by atoms with E-state index in [0.29, 0.717) is 12.7 Å². The number of rotatable bonds is 2. The van der Waals surface area contributed by atoms with E-state index in [1.54, 1.807) is 0 Å². The van der Waals surface area contributed by atoms with Gasteiger partial charge >= 0.3 is 0 Å². The van der Waals surface area contributed by atoms with Crippen LogP contribution < -0.4 is 0 Å². The minimum absolute atomic E-state index is 0.0516. The predicted molar refractivity (Wildman–Crippen MR) is 58.4 cm³/mol. The summed E-state index contributed by atoms with van der Waals surface area (Å²) in [4.78, 5) is 0. The van der Waals surface area contributed by atoms with Gasteiger partial charge in [0, 0.05) is 18.2 Å². The Hall–Kier alpha value is -0.740. The molecule has 1 aromatic carbocycles. The fraction of sp³-hybridized carbons (Fsp3) is 0.500. The van der Waals surface area contributed by atoms with Crippen molar-refractivity contribution in [2.75, 3.05) is 6.61 Å². The van der Waals surface area contributed by atoms with E-state index in [0.717, 1.165) is 12.5 Å². The summed E-state index contributed by atoms with van der Waals surface area (Å²) in [6, 6.07) is 1.32. The highest BCUT2D eigenvalue weighted by Crippen LogP contribution is 2.37. The summed E-state index contributed by atoms with van der Waals surface area (Å²) >= 11 is 6.08. The number of benzene rings is 1. The van der Waals surface area contributed by atoms with Crippen LogP contribution in [0.15, 0.2) is 12.1 Å². The summed E-state index contributed by atoms with van der Waals surface area (Å²) in [6.45, 7) is 2.49. The number of hydrogen-bond acceptors (Lipinski definition) is 1. The van der Waals surface area contributed by atoms with Crippen LogP contribution in [0.1, 0.15) is 24.3 Å². The van der Waals surface area contributed by atoms with Crippen LogP contribution in [0.5, 0.6) is 0 Å². The molecule has 17 heavy (non-hydrogen) atoms. The Bertz CT molecular complexity index is 424. The molecule has 94 valence electrons. The van der Waals surface area contributed by atoms with Gasteiger partial charge in [0.05, 0.1) is 11.5 Å².